The molecule has 0 amide bonds. The quantitative estimate of drug-likeness (QED) is 0.478. The lowest BCUT2D eigenvalue weighted by molar-refractivity contribution is 0.238. The van der Waals surface area contributed by atoms with Crippen LogP contribution in [0.1, 0.15) is 27.7 Å². The van der Waals surface area contributed by atoms with Crippen molar-refractivity contribution in [3.63, 3.8) is 0 Å². The van der Waals surface area contributed by atoms with Gasteiger partial charge in [-0.2, -0.15) is 11.8 Å². The predicted molar refractivity (Wildman–Crippen MR) is 77.8 cm³/mol. The van der Waals surface area contributed by atoms with Crippen LogP contribution in [0.4, 0.5) is 0 Å². The number of hydrogen-bond acceptors (Lipinski definition) is 3. The highest BCUT2D eigenvalue weighted by Crippen LogP contribution is 2.20. The van der Waals surface area contributed by atoms with Gasteiger partial charge in [0.15, 0.2) is 5.96 Å². The zero-order valence-corrected chi connectivity index (χ0v) is 12.5. The van der Waals surface area contributed by atoms with Crippen LogP contribution < -0.4 is 10.6 Å². The molecule has 0 aliphatic rings. The highest BCUT2D eigenvalue weighted by atomic mass is 32.2. The minimum atomic E-state index is 0.158. The average Bonchev–Trinajstić information content (AvgIpc) is 2.32. The summed E-state index contributed by atoms with van der Waals surface area (Å²) >= 11 is 1.81. The maximum absolute atomic E-state index is 8.97. The summed E-state index contributed by atoms with van der Waals surface area (Å²) in [6, 6.07) is 0. The smallest absolute Gasteiger partial charge is 0.191 e. The van der Waals surface area contributed by atoms with Crippen LogP contribution in [0.5, 0.6) is 0 Å². The van der Waals surface area contributed by atoms with Gasteiger partial charge in [-0.15, -0.1) is 0 Å². The van der Waals surface area contributed by atoms with Gasteiger partial charge in [-0.05, 0) is 32.9 Å². The fourth-order valence-corrected chi connectivity index (χ4v) is 1.20. The maximum Gasteiger partial charge on any atom is 0.191 e. The van der Waals surface area contributed by atoms with Crippen LogP contribution in [0.25, 0.3) is 0 Å². The summed E-state index contributed by atoms with van der Waals surface area (Å²) in [6.45, 7) is 11.0. The molecule has 17 heavy (non-hydrogen) atoms. The van der Waals surface area contributed by atoms with Gasteiger partial charge in [-0.25, -0.2) is 0 Å². The number of rotatable bonds is 7. The third-order valence-electron chi connectivity index (χ3n) is 2.44. The Balaban J connectivity index is 4.25. The van der Waals surface area contributed by atoms with Crippen molar-refractivity contribution in [2.24, 2.45) is 10.9 Å². The molecular formula is C12H27N3OS. The third kappa shape index (κ3) is 8.32. The Morgan fingerprint density at radius 3 is 2.53 bits per heavy atom. The first kappa shape index (κ1) is 16.6. The molecule has 0 rings (SSSR count). The van der Waals surface area contributed by atoms with E-state index in [1.807, 2.05) is 25.6 Å². The van der Waals surface area contributed by atoms with E-state index in [2.05, 4.69) is 35.7 Å². The van der Waals surface area contributed by atoms with E-state index in [9.17, 15) is 0 Å². The summed E-state index contributed by atoms with van der Waals surface area (Å²) in [5.74, 6) is 1.07. The van der Waals surface area contributed by atoms with E-state index in [1.54, 1.807) is 0 Å². The second-order valence-corrected chi connectivity index (χ2v) is 6.34. The van der Waals surface area contributed by atoms with Crippen LogP contribution in [-0.4, -0.2) is 48.3 Å². The first-order chi connectivity index (χ1) is 7.95. The standard InChI is InChI=1S/C12H27N3OS/c1-6-13-11(14-7-10(2)8-16)15-9-12(3,4)17-5/h10,16H,6-9H2,1-5H3,(H2,13,14,15). The highest BCUT2D eigenvalue weighted by molar-refractivity contribution is 7.99. The zero-order chi connectivity index (χ0) is 13.3. The van der Waals surface area contributed by atoms with E-state index < -0.39 is 0 Å². The fraction of sp³-hybridized carbons (Fsp3) is 0.917. The summed E-state index contributed by atoms with van der Waals surface area (Å²) in [5.41, 5.74) is 0. The summed E-state index contributed by atoms with van der Waals surface area (Å²) in [5, 5.41) is 15.4. The van der Waals surface area contributed by atoms with Gasteiger partial charge in [0, 0.05) is 24.4 Å². The minimum Gasteiger partial charge on any atom is -0.396 e. The molecule has 0 heterocycles. The highest BCUT2D eigenvalue weighted by Gasteiger charge is 2.15. The Labute approximate surface area is 110 Å². The fourth-order valence-electron chi connectivity index (χ4n) is 1.01. The molecule has 0 radical (unpaired) electrons. The lowest BCUT2D eigenvalue weighted by Crippen LogP contribution is -2.40. The molecule has 4 nitrogen and oxygen atoms in total. The Kier molecular flexibility index (Phi) is 8.43. The number of hydrogen-bond donors (Lipinski definition) is 3. The molecule has 102 valence electrons. The molecule has 0 aliphatic heterocycles. The topological polar surface area (TPSA) is 56.7 Å². The van der Waals surface area contributed by atoms with E-state index in [-0.39, 0.29) is 17.3 Å². The lowest BCUT2D eigenvalue weighted by Gasteiger charge is -2.21. The second-order valence-electron chi connectivity index (χ2n) is 4.83. The van der Waals surface area contributed by atoms with Gasteiger partial charge in [0.2, 0.25) is 0 Å². The van der Waals surface area contributed by atoms with Crippen LogP contribution in [0.15, 0.2) is 4.99 Å². The van der Waals surface area contributed by atoms with Crippen molar-refractivity contribution in [3.05, 3.63) is 0 Å². The monoisotopic (exact) mass is 261 g/mol. The number of aliphatic hydroxyl groups is 1. The number of nitrogens with one attached hydrogen (secondary N) is 2. The summed E-state index contributed by atoms with van der Waals surface area (Å²) < 4.78 is 0.158. The molecule has 1 unspecified atom stereocenters. The van der Waals surface area contributed by atoms with Crippen molar-refractivity contribution in [1.82, 2.24) is 10.6 Å². The first-order valence-electron chi connectivity index (χ1n) is 6.13. The normalized spacial score (nSPS) is 14.6. The van der Waals surface area contributed by atoms with Crippen LogP contribution in [0.3, 0.4) is 0 Å². The molecular weight excluding hydrogens is 234 g/mol. The van der Waals surface area contributed by atoms with Gasteiger partial charge < -0.3 is 15.7 Å². The minimum absolute atomic E-state index is 0.158. The van der Waals surface area contributed by atoms with E-state index in [4.69, 9.17) is 5.11 Å². The van der Waals surface area contributed by atoms with Gasteiger partial charge in [0.25, 0.3) is 0 Å². The van der Waals surface area contributed by atoms with Crippen molar-refractivity contribution in [2.75, 3.05) is 32.5 Å². The van der Waals surface area contributed by atoms with Crippen LogP contribution >= 0.6 is 11.8 Å². The van der Waals surface area contributed by atoms with Crippen LogP contribution in [-0.2, 0) is 0 Å². The molecule has 0 aliphatic carbocycles. The molecule has 3 N–H and O–H groups in total. The molecule has 5 heteroatoms. The Hall–Kier alpha value is -0.420. The molecule has 0 saturated carbocycles. The number of aliphatic hydroxyl groups excluding tert-OH is 1. The molecule has 0 aromatic rings. The van der Waals surface area contributed by atoms with Gasteiger partial charge in [-0.3, -0.25) is 4.99 Å². The Morgan fingerprint density at radius 1 is 1.41 bits per heavy atom. The van der Waals surface area contributed by atoms with Crippen molar-refractivity contribution in [2.45, 2.75) is 32.4 Å². The molecule has 0 aromatic heterocycles. The molecule has 0 spiro atoms. The van der Waals surface area contributed by atoms with E-state index in [1.165, 1.54) is 0 Å². The van der Waals surface area contributed by atoms with Gasteiger partial charge >= 0.3 is 0 Å². The van der Waals surface area contributed by atoms with Gasteiger partial charge in [0.1, 0.15) is 0 Å². The molecule has 0 aromatic carbocycles. The van der Waals surface area contributed by atoms with Gasteiger partial charge in [-0.1, -0.05) is 6.92 Å². The van der Waals surface area contributed by atoms with Gasteiger partial charge in [0.05, 0.1) is 6.54 Å². The largest absolute Gasteiger partial charge is 0.396 e. The van der Waals surface area contributed by atoms with E-state index in [0.717, 1.165) is 25.6 Å². The van der Waals surface area contributed by atoms with Crippen molar-refractivity contribution in [1.29, 1.82) is 0 Å². The third-order valence-corrected chi connectivity index (χ3v) is 3.68. The lowest BCUT2D eigenvalue weighted by atomic mass is 10.2. The Morgan fingerprint density at radius 2 is 2.06 bits per heavy atom. The Bertz CT molecular complexity index is 232. The number of aliphatic imine (C=N–C) groups is 1. The SMILES string of the molecule is CCNC(=NCC(C)(C)SC)NCC(C)CO. The summed E-state index contributed by atoms with van der Waals surface area (Å²) in [6.07, 6.45) is 2.10. The van der Waals surface area contributed by atoms with Crippen LogP contribution in [0.2, 0.25) is 0 Å². The maximum atomic E-state index is 8.97. The van der Waals surface area contributed by atoms with Crippen molar-refractivity contribution in [3.8, 4) is 0 Å². The number of guanidine groups is 1. The second kappa shape index (κ2) is 8.64. The predicted octanol–water partition coefficient (Wildman–Crippen LogP) is 1.31. The number of nitrogens with zero attached hydrogens (tertiary/aromatic N) is 1. The molecule has 0 bridgehead atoms. The van der Waals surface area contributed by atoms with Crippen molar-refractivity contribution < 1.29 is 5.11 Å². The number of thioether (sulfide) groups is 1. The van der Waals surface area contributed by atoms with E-state index in [0.29, 0.717) is 0 Å². The van der Waals surface area contributed by atoms with E-state index >= 15 is 0 Å². The summed E-state index contributed by atoms with van der Waals surface area (Å²) in [7, 11) is 0. The van der Waals surface area contributed by atoms with Crippen LogP contribution in [0, 0.1) is 5.92 Å². The molecule has 1 atom stereocenters. The molecule has 0 saturated heterocycles. The first-order valence-corrected chi connectivity index (χ1v) is 7.35. The molecule has 0 fully saturated rings. The van der Waals surface area contributed by atoms with Crippen molar-refractivity contribution >= 4 is 17.7 Å². The average molecular weight is 261 g/mol. The zero-order valence-electron chi connectivity index (χ0n) is 11.7. The summed E-state index contributed by atoms with van der Waals surface area (Å²) in [4.78, 5) is 4.55.